The summed E-state index contributed by atoms with van der Waals surface area (Å²) < 4.78 is 22.2. The van der Waals surface area contributed by atoms with E-state index >= 15 is 0 Å². The number of nitrogens with zero attached hydrogens (tertiary/aromatic N) is 6. The largest absolute Gasteiger partial charge is 0.444 e. The topological polar surface area (TPSA) is 151 Å². The number of hydrogen-bond acceptors (Lipinski definition) is 12. The van der Waals surface area contributed by atoms with Crippen LogP contribution in [-0.2, 0) is 36.8 Å². The monoisotopic (exact) mass is 797 g/mol. The molecule has 1 saturated heterocycles. The molecule has 0 unspecified atom stereocenters. The maximum Gasteiger partial charge on any atom is 0.410 e. The normalized spacial score (nSPS) is 15.5. The number of aromatic nitrogens is 2. The molecule has 0 bridgehead atoms. The van der Waals surface area contributed by atoms with Crippen LogP contribution in [0.2, 0.25) is 0 Å². The zero-order valence-corrected chi connectivity index (χ0v) is 35.7. The lowest BCUT2D eigenvalue weighted by Gasteiger charge is -2.36. The van der Waals surface area contributed by atoms with Crippen molar-refractivity contribution in [2.24, 2.45) is 0 Å². The lowest BCUT2D eigenvalue weighted by molar-refractivity contribution is -0.119. The van der Waals surface area contributed by atoms with Gasteiger partial charge in [0, 0.05) is 84.7 Å². The van der Waals surface area contributed by atoms with Crippen molar-refractivity contribution in [2.45, 2.75) is 117 Å². The maximum absolute atomic E-state index is 13.5. The second-order valence-corrected chi connectivity index (χ2v) is 16.8. The fourth-order valence-electron chi connectivity index (χ4n) is 6.88. The number of hydrogen-bond donors (Lipinski definition) is 2. The highest BCUT2D eigenvalue weighted by molar-refractivity contribution is 5.91. The van der Waals surface area contributed by atoms with Crippen molar-refractivity contribution >= 4 is 35.7 Å². The van der Waals surface area contributed by atoms with Crippen molar-refractivity contribution in [2.75, 3.05) is 88.3 Å². The minimum atomic E-state index is -0.653. The Morgan fingerprint density at radius 1 is 0.860 bits per heavy atom. The molecule has 2 N–H and O–H groups in total. The molecule has 2 fully saturated rings. The van der Waals surface area contributed by atoms with Crippen LogP contribution in [0.25, 0.3) is 0 Å². The van der Waals surface area contributed by atoms with E-state index in [1.54, 1.807) is 11.0 Å². The van der Waals surface area contributed by atoms with E-state index < -0.39 is 17.3 Å². The summed E-state index contributed by atoms with van der Waals surface area (Å²) in [6, 6.07) is 9.96. The summed E-state index contributed by atoms with van der Waals surface area (Å²) in [7, 11) is 1.48. The molecule has 0 atom stereocenters. The molecule has 15 nitrogen and oxygen atoms in total. The van der Waals surface area contributed by atoms with E-state index in [1.165, 1.54) is 13.5 Å². The van der Waals surface area contributed by atoms with E-state index in [0.717, 1.165) is 75.4 Å². The third kappa shape index (κ3) is 16.3. The van der Waals surface area contributed by atoms with Crippen LogP contribution in [0.1, 0.15) is 98.1 Å². The first kappa shape index (κ1) is 45.5. The second kappa shape index (κ2) is 22.1. The molecular formula is C42H68N8O7. The number of carbonyl (C=O) groups is 3. The van der Waals surface area contributed by atoms with Crippen molar-refractivity contribution in [1.82, 2.24) is 24.7 Å². The van der Waals surface area contributed by atoms with Crippen LogP contribution >= 0.6 is 0 Å². The molecule has 0 spiro atoms. The number of piperazine rings is 1. The predicted octanol–water partition coefficient (Wildman–Crippen LogP) is 6.53. The summed E-state index contributed by atoms with van der Waals surface area (Å²) in [6.07, 6.45) is 5.21. The van der Waals surface area contributed by atoms with Gasteiger partial charge in [0.15, 0.2) is 0 Å². The quantitative estimate of drug-likeness (QED) is 0.158. The van der Waals surface area contributed by atoms with Gasteiger partial charge < -0.3 is 44.3 Å². The third-order valence-electron chi connectivity index (χ3n) is 9.68. The van der Waals surface area contributed by atoms with E-state index in [4.69, 9.17) is 23.9 Å². The molecule has 2 heterocycles. The molecule has 1 saturated carbocycles. The molecule has 2 aromatic rings. The van der Waals surface area contributed by atoms with Gasteiger partial charge in [0.25, 0.3) is 5.91 Å². The molecule has 1 aliphatic heterocycles. The molecule has 0 radical (unpaired) electrons. The molecule has 318 valence electrons. The second-order valence-electron chi connectivity index (χ2n) is 16.8. The SMILES string of the molecule is CCOCCN1CCN(c2cc(NC(=O)COC)nc(NCc3ccc(CN(CCCN(C(=O)OC(C)(C)C)C4CCCCC4)C(=O)OC(C)(C)C)cc3)n2)CC1. The highest BCUT2D eigenvalue weighted by atomic mass is 16.6. The number of nitrogens with one attached hydrogen (secondary N) is 2. The van der Waals surface area contributed by atoms with Crippen molar-refractivity contribution < 1.29 is 33.3 Å². The third-order valence-corrected chi connectivity index (χ3v) is 9.68. The van der Waals surface area contributed by atoms with Crippen LogP contribution < -0.4 is 15.5 Å². The van der Waals surface area contributed by atoms with E-state index in [2.05, 4.69) is 25.4 Å². The summed E-state index contributed by atoms with van der Waals surface area (Å²) in [6.45, 7) is 20.5. The number of benzene rings is 1. The molecule has 4 rings (SSSR count). The first-order valence-electron chi connectivity index (χ1n) is 20.6. The van der Waals surface area contributed by atoms with Gasteiger partial charge in [0.1, 0.15) is 29.4 Å². The minimum absolute atomic E-state index is 0.0801. The number of amides is 3. The number of rotatable bonds is 18. The lowest BCUT2D eigenvalue weighted by Crippen LogP contribution is -2.47. The van der Waals surface area contributed by atoms with Crippen LogP contribution in [0.15, 0.2) is 30.3 Å². The number of methoxy groups -OCH3 is 1. The Morgan fingerprint density at radius 3 is 2.14 bits per heavy atom. The highest BCUT2D eigenvalue weighted by Gasteiger charge is 2.30. The number of carbonyl (C=O) groups excluding carboxylic acids is 3. The Labute approximate surface area is 340 Å². The smallest absolute Gasteiger partial charge is 0.410 e. The Morgan fingerprint density at radius 2 is 1.51 bits per heavy atom. The van der Waals surface area contributed by atoms with E-state index in [0.29, 0.717) is 57.6 Å². The molecule has 1 aromatic carbocycles. The molecule has 15 heteroatoms. The zero-order valence-electron chi connectivity index (χ0n) is 35.7. The number of ether oxygens (including phenoxy) is 4. The Hall–Kier alpha value is -4.21. The summed E-state index contributed by atoms with van der Waals surface area (Å²) in [5.41, 5.74) is 0.697. The van der Waals surface area contributed by atoms with Gasteiger partial charge in [-0.15, -0.1) is 0 Å². The van der Waals surface area contributed by atoms with Gasteiger partial charge in [-0.25, -0.2) is 9.59 Å². The van der Waals surface area contributed by atoms with Gasteiger partial charge >= 0.3 is 12.2 Å². The van der Waals surface area contributed by atoms with Gasteiger partial charge in [-0.3, -0.25) is 9.69 Å². The van der Waals surface area contributed by atoms with Gasteiger partial charge in [0.05, 0.1) is 6.61 Å². The Kier molecular flexibility index (Phi) is 17.6. The molecule has 1 aliphatic carbocycles. The molecule has 57 heavy (non-hydrogen) atoms. The Balaban J connectivity index is 1.41. The standard InChI is InChI=1S/C42H68N8O7/c1-9-55-27-26-47-22-24-48(25-23-47)36-28-35(44-37(51)31-54-8)45-38(46-36)43-29-32-16-18-33(19-17-32)30-49(39(52)56-41(2,3)4)20-13-21-50(34-14-11-10-12-15-34)40(53)57-42(5,6)7/h16-19,28,34H,9-15,20-27,29-31H2,1-8H3,(H2,43,44,45,46,51). The van der Waals surface area contributed by atoms with Gasteiger partial charge in [0.2, 0.25) is 5.95 Å². The van der Waals surface area contributed by atoms with Gasteiger partial charge in [-0.05, 0) is 78.9 Å². The van der Waals surface area contributed by atoms with Crippen molar-refractivity contribution in [3.05, 3.63) is 41.5 Å². The summed E-state index contributed by atoms with van der Waals surface area (Å²) in [4.78, 5) is 56.7. The van der Waals surface area contributed by atoms with Crippen LogP contribution in [-0.4, -0.2) is 133 Å². The van der Waals surface area contributed by atoms with Crippen molar-refractivity contribution in [3.63, 3.8) is 0 Å². The van der Waals surface area contributed by atoms with E-state index in [9.17, 15) is 14.4 Å². The fourth-order valence-corrected chi connectivity index (χ4v) is 6.88. The predicted molar refractivity (Wildman–Crippen MR) is 223 cm³/mol. The van der Waals surface area contributed by atoms with E-state index in [-0.39, 0.29) is 24.6 Å². The molecular weight excluding hydrogens is 729 g/mol. The summed E-state index contributed by atoms with van der Waals surface area (Å²) in [5.74, 6) is 1.23. The van der Waals surface area contributed by atoms with Gasteiger partial charge in [-0.1, -0.05) is 43.5 Å². The molecule has 2 aliphatic rings. The molecule has 1 aromatic heterocycles. The fraction of sp³-hybridized carbons (Fsp3) is 0.690. The van der Waals surface area contributed by atoms with E-state index in [1.807, 2.05) is 77.6 Å². The lowest BCUT2D eigenvalue weighted by atomic mass is 9.94. The maximum atomic E-state index is 13.5. The average molecular weight is 797 g/mol. The zero-order chi connectivity index (χ0) is 41.4. The Bertz CT molecular complexity index is 1550. The van der Waals surface area contributed by atoms with Crippen LogP contribution in [0.4, 0.5) is 27.2 Å². The van der Waals surface area contributed by atoms with Crippen LogP contribution in [0, 0.1) is 0 Å². The summed E-state index contributed by atoms with van der Waals surface area (Å²) in [5, 5.41) is 6.16. The highest BCUT2D eigenvalue weighted by Crippen LogP contribution is 2.25. The first-order valence-corrected chi connectivity index (χ1v) is 20.6. The van der Waals surface area contributed by atoms with Gasteiger partial charge in [-0.2, -0.15) is 9.97 Å². The minimum Gasteiger partial charge on any atom is -0.444 e. The van der Waals surface area contributed by atoms with Crippen molar-refractivity contribution in [1.29, 1.82) is 0 Å². The first-order chi connectivity index (χ1) is 27.1. The molecule has 3 amide bonds. The number of anilines is 3. The van der Waals surface area contributed by atoms with Crippen molar-refractivity contribution in [3.8, 4) is 0 Å². The average Bonchev–Trinajstić information content (AvgIpc) is 3.15. The summed E-state index contributed by atoms with van der Waals surface area (Å²) >= 11 is 0. The van der Waals surface area contributed by atoms with Crippen LogP contribution in [0.5, 0.6) is 0 Å². The van der Waals surface area contributed by atoms with Crippen LogP contribution in [0.3, 0.4) is 0 Å².